The lowest BCUT2D eigenvalue weighted by Crippen LogP contribution is -2.20. The Labute approximate surface area is 220 Å². The number of sulfonamides is 1. The second kappa shape index (κ2) is 10.7. The zero-order valence-electron chi connectivity index (χ0n) is 17.4. The summed E-state index contributed by atoms with van der Waals surface area (Å²) in [6.07, 6.45) is 0. The molecule has 1 heterocycles. The van der Waals surface area contributed by atoms with E-state index < -0.39 is 22.5 Å². The minimum Gasteiger partial charge on any atom is -0.481 e. The summed E-state index contributed by atoms with van der Waals surface area (Å²) in [7, 11) is -3.94. The van der Waals surface area contributed by atoms with E-state index in [9.17, 15) is 13.2 Å². The molecule has 0 atom stereocenters. The molecule has 0 fully saturated rings. The number of carbonyl (C=O) groups is 1. The predicted octanol–water partition coefficient (Wildman–Crippen LogP) is 6.18. The molecule has 0 radical (unpaired) electrons. The van der Waals surface area contributed by atoms with Crippen LogP contribution in [0.5, 0.6) is 5.75 Å². The largest absolute Gasteiger partial charge is 0.481 e. The van der Waals surface area contributed by atoms with Crippen LogP contribution in [0.4, 0.5) is 11.6 Å². The maximum absolute atomic E-state index is 12.6. The summed E-state index contributed by atoms with van der Waals surface area (Å²) in [5.41, 5.74) is 1.56. The van der Waals surface area contributed by atoms with Crippen molar-refractivity contribution in [2.24, 2.45) is 0 Å². The molecule has 1 aromatic heterocycles. The second-order valence-electron chi connectivity index (χ2n) is 6.84. The number of nitrogens with one attached hydrogen (secondary N) is 2. The molecule has 3 aromatic rings. The first-order valence-corrected chi connectivity index (χ1v) is 12.7. The average molecular weight is 585 g/mol. The van der Waals surface area contributed by atoms with Gasteiger partial charge in [-0.2, -0.15) is 0 Å². The van der Waals surface area contributed by atoms with Gasteiger partial charge in [-0.3, -0.25) is 4.79 Å². The van der Waals surface area contributed by atoms with Gasteiger partial charge in [0.15, 0.2) is 12.4 Å². The fraction of sp³-hybridized carbons (Fsp3) is 0.150. The molecular formula is C20H15Cl5N4O4S. The maximum atomic E-state index is 12.6. The van der Waals surface area contributed by atoms with Crippen LogP contribution in [0.3, 0.4) is 0 Å². The quantitative estimate of drug-likeness (QED) is 0.254. The van der Waals surface area contributed by atoms with E-state index in [1.54, 1.807) is 19.9 Å². The molecule has 8 nitrogen and oxygen atoms in total. The van der Waals surface area contributed by atoms with Crippen LogP contribution in [0.2, 0.25) is 25.1 Å². The Balaban J connectivity index is 1.66. The molecule has 0 saturated carbocycles. The van der Waals surface area contributed by atoms with Gasteiger partial charge in [-0.05, 0) is 44.2 Å². The van der Waals surface area contributed by atoms with E-state index >= 15 is 0 Å². The highest BCUT2D eigenvalue weighted by Gasteiger charge is 2.21. The van der Waals surface area contributed by atoms with Crippen molar-refractivity contribution in [3.63, 3.8) is 0 Å². The second-order valence-corrected chi connectivity index (χ2v) is 10.4. The van der Waals surface area contributed by atoms with Gasteiger partial charge in [-0.15, -0.1) is 0 Å². The molecular weight excluding hydrogens is 570 g/mol. The fourth-order valence-electron chi connectivity index (χ4n) is 2.71. The third kappa shape index (κ3) is 6.16. The van der Waals surface area contributed by atoms with Gasteiger partial charge in [0.05, 0.1) is 20.0 Å². The average Bonchev–Trinajstić information content (AvgIpc) is 2.75. The number of benzene rings is 2. The Kier molecular flexibility index (Phi) is 8.38. The van der Waals surface area contributed by atoms with Crippen molar-refractivity contribution >= 4 is 85.6 Å². The topological polar surface area (TPSA) is 110 Å². The highest BCUT2D eigenvalue weighted by Crippen LogP contribution is 2.48. The van der Waals surface area contributed by atoms with Crippen molar-refractivity contribution in [1.82, 2.24) is 9.97 Å². The number of amides is 1. The molecule has 0 unspecified atom stereocenters. The summed E-state index contributed by atoms with van der Waals surface area (Å²) in [4.78, 5) is 20.3. The number of aromatic nitrogens is 2. The molecule has 0 aliphatic carbocycles. The van der Waals surface area contributed by atoms with E-state index in [2.05, 4.69) is 20.0 Å². The van der Waals surface area contributed by atoms with Crippen molar-refractivity contribution in [3.05, 3.63) is 66.8 Å². The summed E-state index contributed by atoms with van der Waals surface area (Å²) in [5.74, 6) is -0.711. The van der Waals surface area contributed by atoms with Crippen LogP contribution in [-0.2, 0) is 14.8 Å². The number of rotatable bonds is 7. The number of halogens is 5. The smallest absolute Gasteiger partial charge is 0.264 e. The number of ether oxygens (including phenoxy) is 1. The highest BCUT2D eigenvalue weighted by molar-refractivity contribution is 7.92. The van der Waals surface area contributed by atoms with E-state index in [4.69, 9.17) is 62.7 Å². The Hall–Kier alpha value is -2.01. The first-order valence-electron chi connectivity index (χ1n) is 9.28. The summed E-state index contributed by atoms with van der Waals surface area (Å²) in [6, 6.07) is 7.16. The molecule has 180 valence electrons. The van der Waals surface area contributed by atoms with Crippen LogP contribution < -0.4 is 14.8 Å². The summed E-state index contributed by atoms with van der Waals surface area (Å²) < 4.78 is 32.9. The number of carbonyl (C=O) groups excluding carboxylic acids is 1. The number of hydrogen-bond donors (Lipinski definition) is 2. The number of hydrogen-bond acceptors (Lipinski definition) is 6. The van der Waals surface area contributed by atoms with Crippen LogP contribution in [0.25, 0.3) is 0 Å². The molecule has 1 amide bonds. The van der Waals surface area contributed by atoms with Crippen molar-refractivity contribution in [3.8, 4) is 5.75 Å². The molecule has 0 saturated heterocycles. The minimum absolute atomic E-state index is 0.0354. The van der Waals surface area contributed by atoms with Gasteiger partial charge in [0.1, 0.15) is 10.0 Å². The Morgan fingerprint density at radius 2 is 1.38 bits per heavy atom. The van der Waals surface area contributed by atoms with Crippen molar-refractivity contribution in [1.29, 1.82) is 0 Å². The van der Waals surface area contributed by atoms with Crippen LogP contribution in [0.15, 0.2) is 35.2 Å². The lowest BCUT2D eigenvalue weighted by molar-refractivity contribution is -0.118. The van der Waals surface area contributed by atoms with E-state index in [1.165, 1.54) is 24.3 Å². The van der Waals surface area contributed by atoms with Crippen molar-refractivity contribution in [2.75, 3.05) is 16.6 Å². The Morgan fingerprint density at radius 3 is 1.91 bits per heavy atom. The molecule has 0 bridgehead atoms. The first-order chi connectivity index (χ1) is 15.9. The van der Waals surface area contributed by atoms with Crippen LogP contribution in [0, 0.1) is 13.8 Å². The highest BCUT2D eigenvalue weighted by atomic mass is 35.5. The van der Waals surface area contributed by atoms with E-state index in [0.29, 0.717) is 17.1 Å². The summed E-state index contributed by atoms with van der Waals surface area (Å²) in [6.45, 7) is 2.97. The van der Waals surface area contributed by atoms with E-state index in [0.717, 1.165) is 0 Å². The SMILES string of the molecule is Cc1cc(C)nc(NS(=O)(=O)c2ccc(NC(=O)COc3c(Cl)c(Cl)c(Cl)c(Cl)c3Cl)cc2)n1. The van der Waals surface area contributed by atoms with Gasteiger partial charge < -0.3 is 10.1 Å². The van der Waals surface area contributed by atoms with Gasteiger partial charge >= 0.3 is 0 Å². The number of aryl methyl sites for hydroxylation is 2. The van der Waals surface area contributed by atoms with Gasteiger partial charge in [-0.25, -0.2) is 23.1 Å². The Morgan fingerprint density at radius 1 is 0.882 bits per heavy atom. The summed E-state index contributed by atoms with van der Waals surface area (Å²) in [5, 5.41) is 2.20. The molecule has 3 rings (SSSR count). The molecule has 34 heavy (non-hydrogen) atoms. The van der Waals surface area contributed by atoms with E-state index in [1.807, 2.05) is 0 Å². The van der Waals surface area contributed by atoms with Gasteiger partial charge in [-0.1, -0.05) is 58.0 Å². The summed E-state index contributed by atoms with van der Waals surface area (Å²) >= 11 is 30.0. The third-order valence-electron chi connectivity index (χ3n) is 4.17. The number of anilines is 2. The van der Waals surface area contributed by atoms with Crippen LogP contribution >= 0.6 is 58.0 Å². The molecule has 0 spiro atoms. The maximum Gasteiger partial charge on any atom is 0.264 e. The van der Waals surface area contributed by atoms with Crippen LogP contribution in [-0.4, -0.2) is 30.9 Å². The lowest BCUT2D eigenvalue weighted by Gasteiger charge is -2.14. The molecule has 0 aliphatic rings. The zero-order valence-corrected chi connectivity index (χ0v) is 22.0. The standard InChI is InChI=1S/C20H15Cl5N4O4S/c1-9-7-10(2)27-20(26-9)29-34(31,32)12-5-3-11(4-6-12)28-13(30)8-33-19-17(24)15(22)14(21)16(23)18(19)25/h3-7H,8H2,1-2H3,(H,28,30)(H,26,27,29). The molecule has 0 aliphatic heterocycles. The van der Waals surface area contributed by atoms with Crippen LogP contribution in [0.1, 0.15) is 11.4 Å². The molecule has 2 aromatic carbocycles. The van der Waals surface area contributed by atoms with Crippen molar-refractivity contribution in [2.45, 2.75) is 18.7 Å². The minimum atomic E-state index is -3.94. The van der Waals surface area contributed by atoms with Crippen molar-refractivity contribution < 1.29 is 17.9 Å². The lowest BCUT2D eigenvalue weighted by atomic mass is 10.3. The first kappa shape index (κ1) is 26.6. The predicted molar refractivity (Wildman–Crippen MR) is 134 cm³/mol. The Bertz CT molecular complexity index is 1320. The number of nitrogens with zero attached hydrogens (tertiary/aromatic N) is 2. The molecule has 2 N–H and O–H groups in total. The van der Waals surface area contributed by atoms with Gasteiger partial charge in [0.25, 0.3) is 15.9 Å². The van der Waals surface area contributed by atoms with E-state index in [-0.39, 0.29) is 41.7 Å². The normalized spacial score (nSPS) is 11.3. The van der Waals surface area contributed by atoms with Gasteiger partial charge in [0, 0.05) is 17.1 Å². The fourth-order valence-corrected chi connectivity index (χ4v) is 4.89. The monoisotopic (exact) mass is 582 g/mol. The zero-order chi connectivity index (χ0) is 25.2. The van der Waals surface area contributed by atoms with Gasteiger partial charge in [0.2, 0.25) is 5.95 Å². The molecule has 14 heteroatoms. The third-order valence-corrected chi connectivity index (χ3v) is 7.76.